The highest BCUT2D eigenvalue weighted by Gasteiger charge is 2.41. The molecule has 9 nitrogen and oxygen atoms in total. The molecule has 9 heteroatoms. The van der Waals surface area contributed by atoms with E-state index in [0.29, 0.717) is 55.8 Å². The Bertz CT molecular complexity index is 2640. The molecule has 1 aliphatic rings. The van der Waals surface area contributed by atoms with Crippen molar-refractivity contribution in [1.82, 2.24) is 19.5 Å². The first-order valence-corrected chi connectivity index (χ1v) is 21.0. The fourth-order valence-electron chi connectivity index (χ4n) is 8.47. The van der Waals surface area contributed by atoms with Crippen LogP contribution in [0.25, 0.3) is 11.2 Å². The van der Waals surface area contributed by atoms with E-state index < -0.39 is 5.54 Å². The zero-order chi connectivity index (χ0) is 42.1. The van der Waals surface area contributed by atoms with Gasteiger partial charge in [0.15, 0.2) is 11.2 Å². The Morgan fingerprint density at radius 1 is 0.645 bits per heavy atom. The Morgan fingerprint density at radius 3 is 1.76 bits per heavy atom. The average molecular weight is 820 g/mol. The summed E-state index contributed by atoms with van der Waals surface area (Å²) in [5.41, 5.74) is 7.45. The van der Waals surface area contributed by atoms with Crippen LogP contribution in [0.15, 0.2) is 194 Å². The van der Waals surface area contributed by atoms with Gasteiger partial charge < -0.3 is 28.8 Å². The summed E-state index contributed by atoms with van der Waals surface area (Å²) in [7, 11) is 1.68. The highest BCUT2D eigenvalue weighted by atomic mass is 16.5. The summed E-state index contributed by atoms with van der Waals surface area (Å²) in [6, 6.07) is 59.2. The Kier molecular flexibility index (Phi) is 12.2. The van der Waals surface area contributed by atoms with E-state index in [0.717, 1.165) is 44.7 Å². The number of nitrogens with zero attached hydrogens (tertiary/aromatic N) is 4. The maximum absolute atomic E-state index is 6.73. The third kappa shape index (κ3) is 8.59. The van der Waals surface area contributed by atoms with Crippen molar-refractivity contribution >= 4 is 17.1 Å². The fourth-order valence-corrected chi connectivity index (χ4v) is 8.47. The molecule has 9 rings (SSSR count). The summed E-state index contributed by atoms with van der Waals surface area (Å²) in [5.74, 6) is 1.42. The van der Waals surface area contributed by atoms with Crippen molar-refractivity contribution in [3.8, 4) is 11.6 Å². The van der Waals surface area contributed by atoms with Crippen molar-refractivity contribution in [3.05, 3.63) is 228 Å². The zero-order valence-electron chi connectivity index (χ0n) is 34.7. The summed E-state index contributed by atoms with van der Waals surface area (Å²) < 4.78 is 27.4. The van der Waals surface area contributed by atoms with Crippen LogP contribution in [0.2, 0.25) is 0 Å². The lowest BCUT2D eigenvalue weighted by molar-refractivity contribution is -0.0122. The summed E-state index contributed by atoms with van der Waals surface area (Å²) in [5, 5.41) is 3.88. The Morgan fingerprint density at radius 2 is 1.18 bits per heavy atom. The quantitative estimate of drug-likeness (QED) is 0.0717. The lowest BCUT2D eigenvalue weighted by atomic mass is 9.77. The Labute approximate surface area is 362 Å². The smallest absolute Gasteiger partial charge is 0.247 e. The highest BCUT2D eigenvalue weighted by Crippen LogP contribution is 2.44. The number of imidazole rings is 1. The first-order chi connectivity index (χ1) is 30.6. The predicted octanol–water partition coefficient (Wildman–Crippen LogP) is 10.7. The van der Waals surface area contributed by atoms with E-state index in [-0.39, 0.29) is 18.1 Å². The van der Waals surface area contributed by atoms with E-state index in [4.69, 9.17) is 40.5 Å². The minimum absolute atomic E-state index is 0.0722. The summed E-state index contributed by atoms with van der Waals surface area (Å²) in [6.45, 7) is 6.45. The van der Waals surface area contributed by atoms with Crippen LogP contribution in [-0.4, -0.2) is 39.3 Å². The second-order valence-corrected chi connectivity index (χ2v) is 15.6. The average Bonchev–Trinajstić information content (AvgIpc) is 3.90. The van der Waals surface area contributed by atoms with Gasteiger partial charge in [0.1, 0.15) is 17.9 Å². The topological polar surface area (TPSA) is 92.6 Å². The van der Waals surface area contributed by atoms with Gasteiger partial charge in [-0.2, -0.15) is 9.97 Å². The number of hydrogen-bond acceptors (Lipinski definition) is 8. The number of hydrogen-bond donors (Lipinski definition) is 1. The number of rotatable bonds is 17. The van der Waals surface area contributed by atoms with Crippen LogP contribution < -0.4 is 14.8 Å². The number of benzene rings is 6. The molecule has 0 saturated heterocycles. The van der Waals surface area contributed by atoms with Crippen molar-refractivity contribution in [2.75, 3.05) is 19.0 Å². The van der Waals surface area contributed by atoms with Crippen LogP contribution in [-0.2, 0) is 34.8 Å². The van der Waals surface area contributed by atoms with Crippen LogP contribution in [0.3, 0.4) is 0 Å². The van der Waals surface area contributed by atoms with Gasteiger partial charge in [0, 0.05) is 5.92 Å². The van der Waals surface area contributed by atoms with Gasteiger partial charge in [0.2, 0.25) is 11.8 Å². The predicted molar refractivity (Wildman–Crippen MR) is 243 cm³/mol. The lowest BCUT2D eigenvalue weighted by Gasteiger charge is -2.37. The summed E-state index contributed by atoms with van der Waals surface area (Å²) in [6.07, 6.45) is 2.34. The first kappa shape index (κ1) is 40.3. The molecule has 0 radical (unpaired) electrons. The fraction of sp³-hybridized carbons (Fsp3) is 0.189. The highest BCUT2D eigenvalue weighted by molar-refractivity contribution is 5.78. The molecule has 0 aliphatic heterocycles. The van der Waals surface area contributed by atoms with E-state index in [9.17, 15) is 0 Å². The SMILES string of the molecule is C=C1C(COCc2ccccc2)C(OCc2ccccc2)CC1n1cnc2c(OCc3ccccc3)nc(NC(c3ccccc3)(c3ccccc3)c3ccc(OC)cc3)nc21. The van der Waals surface area contributed by atoms with Crippen LogP contribution in [0.4, 0.5) is 5.95 Å². The minimum Gasteiger partial charge on any atom is -0.497 e. The maximum atomic E-state index is 6.73. The van der Waals surface area contributed by atoms with Gasteiger partial charge in [-0.25, -0.2) is 4.98 Å². The molecule has 3 atom stereocenters. The van der Waals surface area contributed by atoms with Crippen molar-refractivity contribution in [3.63, 3.8) is 0 Å². The van der Waals surface area contributed by atoms with Gasteiger partial charge in [-0.1, -0.05) is 170 Å². The normalized spacial score (nSPS) is 16.3. The molecule has 62 heavy (non-hydrogen) atoms. The van der Waals surface area contributed by atoms with Crippen molar-refractivity contribution in [2.45, 2.75) is 43.9 Å². The Hall–Kier alpha value is -7.07. The number of methoxy groups -OCH3 is 1. The molecule has 0 amide bonds. The van der Waals surface area contributed by atoms with Gasteiger partial charge in [-0.3, -0.25) is 0 Å². The molecule has 1 N–H and O–H groups in total. The molecular formula is C53H49N5O4. The number of anilines is 1. The van der Waals surface area contributed by atoms with Gasteiger partial charge >= 0.3 is 0 Å². The largest absolute Gasteiger partial charge is 0.497 e. The van der Waals surface area contributed by atoms with Crippen LogP contribution in [0.1, 0.15) is 45.8 Å². The van der Waals surface area contributed by atoms with E-state index in [1.54, 1.807) is 7.11 Å². The number of fused-ring (bicyclic) bond motifs is 1. The standard InChI is InChI=1S/C53H49N5O4/c1-38-46(36-60-33-39-18-8-3-9-19-39)48(61-34-40-20-10-4-11-21-40)32-47(38)58-37-54-49-50(58)55-52(56-51(49)62-35-41-22-12-5-13-23-41)57-53(42-24-14-6-15-25-42,43-26-16-7-17-27-43)44-28-30-45(59-2)31-29-44/h3-31,37,46-48H,1,32-36H2,2H3,(H,55,56,57). The number of nitrogens with one attached hydrogen (secondary N) is 1. The molecule has 1 saturated carbocycles. The van der Waals surface area contributed by atoms with Crippen molar-refractivity contribution in [2.24, 2.45) is 5.92 Å². The van der Waals surface area contributed by atoms with E-state index in [1.165, 1.54) is 0 Å². The van der Waals surface area contributed by atoms with Gasteiger partial charge in [-0.15, -0.1) is 0 Å². The summed E-state index contributed by atoms with van der Waals surface area (Å²) >= 11 is 0. The van der Waals surface area contributed by atoms with Gasteiger partial charge in [0.25, 0.3) is 0 Å². The van der Waals surface area contributed by atoms with Crippen molar-refractivity contribution < 1.29 is 18.9 Å². The molecule has 310 valence electrons. The second-order valence-electron chi connectivity index (χ2n) is 15.6. The molecule has 0 spiro atoms. The van der Waals surface area contributed by atoms with Gasteiger partial charge in [-0.05, 0) is 57.5 Å². The number of ether oxygens (including phenoxy) is 4. The van der Waals surface area contributed by atoms with Crippen LogP contribution in [0.5, 0.6) is 11.6 Å². The molecule has 3 unspecified atom stereocenters. The molecule has 1 fully saturated rings. The van der Waals surface area contributed by atoms with Crippen LogP contribution >= 0.6 is 0 Å². The number of aromatic nitrogens is 4. The third-order valence-electron chi connectivity index (χ3n) is 11.7. The second kappa shape index (κ2) is 18.7. The first-order valence-electron chi connectivity index (χ1n) is 21.0. The van der Waals surface area contributed by atoms with E-state index in [2.05, 4.69) is 70.5 Å². The molecular weight excluding hydrogens is 771 g/mol. The molecule has 1 aliphatic carbocycles. The molecule has 0 bridgehead atoms. The zero-order valence-corrected chi connectivity index (χ0v) is 34.7. The van der Waals surface area contributed by atoms with E-state index >= 15 is 0 Å². The molecule has 2 heterocycles. The third-order valence-corrected chi connectivity index (χ3v) is 11.7. The summed E-state index contributed by atoms with van der Waals surface area (Å²) in [4.78, 5) is 15.4. The Balaban J connectivity index is 1.13. The van der Waals surface area contributed by atoms with Crippen molar-refractivity contribution in [1.29, 1.82) is 0 Å². The van der Waals surface area contributed by atoms with E-state index in [1.807, 2.05) is 122 Å². The monoisotopic (exact) mass is 819 g/mol. The van der Waals surface area contributed by atoms with Crippen LogP contribution in [0, 0.1) is 5.92 Å². The molecule has 6 aromatic carbocycles. The maximum Gasteiger partial charge on any atom is 0.247 e. The van der Waals surface area contributed by atoms with Gasteiger partial charge in [0.05, 0.1) is 45.4 Å². The molecule has 8 aromatic rings. The molecule has 2 aromatic heterocycles. The minimum atomic E-state index is -0.932. The lowest BCUT2D eigenvalue weighted by Crippen LogP contribution is -2.38.